The van der Waals surface area contributed by atoms with Crippen LogP contribution in [-0.2, 0) is 0 Å². The van der Waals surface area contributed by atoms with Gasteiger partial charge in [0.2, 0.25) is 0 Å². The van der Waals surface area contributed by atoms with Crippen molar-refractivity contribution in [1.82, 2.24) is 0 Å². The van der Waals surface area contributed by atoms with Crippen LogP contribution in [0, 0.1) is 11.6 Å². The Hall–Kier alpha value is -0.260. The van der Waals surface area contributed by atoms with E-state index in [0.29, 0.717) is 8.95 Å². The van der Waals surface area contributed by atoms with Crippen molar-refractivity contribution in [2.24, 2.45) is 0 Å². The molecule has 0 saturated carbocycles. The Balaban J connectivity index is 2.40. The van der Waals surface area contributed by atoms with E-state index in [1.807, 2.05) is 6.07 Å². The van der Waals surface area contributed by atoms with Gasteiger partial charge >= 0.3 is 0 Å². The maximum atomic E-state index is 13.3. The van der Waals surface area contributed by atoms with Crippen molar-refractivity contribution in [1.29, 1.82) is 0 Å². The van der Waals surface area contributed by atoms with Crippen molar-refractivity contribution in [2.45, 2.75) is 4.83 Å². The normalized spacial score (nSPS) is 12.5. The maximum Gasteiger partial charge on any atom is 0.137 e. The van der Waals surface area contributed by atoms with Crippen molar-refractivity contribution in [3.63, 3.8) is 0 Å². The minimum Gasteiger partial charge on any atom is -0.207 e. The summed E-state index contributed by atoms with van der Waals surface area (Å²) in [6.07, 6.45) is 0. The molecule has 0 aromatic heterocycles. The molecule has 0 amide bonds. The first-order valence-corrected chi connectivity index (χ1v) is 7.52. The first-order chi connectivity index (χ1) is 8.47. The van der Waals surface area contributed by atoms with E-state index in [1.165, 1.54) is 18.2 Å². The molecule has 18 heavy (non-hydrogen) atoms. The van der Waals surface area contributed by atoms with Gasteiger partial charge in [-0.1, -0.05) is 37.9 Å². The minimum absolute atomic E-state index is 0.193. The lowest BCUT2D eigenvalue weighted by Crippen LogP contribution is -1.95. The second-order valence-corrected chi connectivity index (χ2v) is 6.42. The zero-order valence-electron chi connectivity index (χ0n) is 8.93. The molecule has 1 atom stereocenters. The summed E-state index contributed by atoms with van der Waals surface area (Å²) < 4.78 is 27.5. The smallest absolute Gasteiger partial charge is 0.137 e. The number of benzene rings is 2. The van der Waals surface area contributed by atoms with Gasteiger partial charge in [-0.05, 0) is 57.4 Å². The third kappa shape index (κ3) is 3.19. The third-order valence-electron chi connectivity index (χ3n) is 2.41. The van der Waals surface area contributed by atoms with Crippen molar-refractivity contribution >= 4 is 47.8 Å². The molecule has 2 aromatic rings. The SMILES string of the molecule is Fc1cc(Br)cc(C(Br)c2ccc(F)c(Br)c2)c1. The molecule has 2 rings (SSSR count). The number of hydrogen-bond donors (Lipinski definition) is 0. The average molecular weight is 441 g/mol. The molecule has 5 heteroatoms. The van der Waals surface area contributed by atoms with Crippen LogP contribution in [0.2, 0.25) is 0 Å². The van der Waals surface area contributed by atoms with E-state index < -0.39 is 0 Å². The van der Waals surface area contributed by atoms with Gasteiger partial charge in [0.25, 0.3) is 0 Å². The van der Waals surface area contributed by atoms with Crippen molar-refractivity contribution in [3.05, 3.63) is 68.1 Å². The zero-order valence-corrected chi connectivity index (χ0v) is 13.7. The molecule has 0 fully saturated rings. The monoisotopic (exact) mass is 438 g/mol. The number of hydrogen-bond acceptors (Lipinski definition) is 0. The minimum atomic E-state index is -0.320. The summed E-state index contributed by atoms with van der Waals surface area (Å²) in [6, 6.07) is 9.37. The van der Waals surface area contributed by atoms with Crippen LogP contribution in [-0.4, -0.2) is 0 Å². The van der Waals surface area contributed by atoms with E-state index in [9.17, 15) is 8.78 Å². The van der Waals surface area contributed by atoms with Crippen LogP contribution in [0.1, 0.15) is 16.0 Å². The second kappa shape index (κ2) is 5.80. The fraction of sp³-hybridized carbons (Fsp3) is 0.0769. The Morgan fingerprint density at radius 1 is 0.889 bits per heavy atom. The third-order valence-corrected chi connectivity index (χ3v) is 4.54. The topological polar surface area (TPSA) is 0 Å². The Morgan fingerprint density at radius 3 is 2.22 bits per heavy atom. The molecule has 2 aromatic carbocycles. The van der Waals surface area contributed by atoms with Crippen molar-refractivity contribution < 1.29 is 8.78 Å². The van der Waals surface area contributed by atoms with Crippen molar-refractivity contribution in [3.8, 4) is 0 Å². The number of alkyl halides is 1. The van der Waals surface area contributed by atoms with Gasteiger partial charge in [-0.3, -0.25) is 0 Å². The van der Waals surface area contributed by atoms with Crippen LogP contribution >= 0.6 is 47.8 Å². The first kappa shape index (κ1) is 14.2. The molecule has 0 bridgehead atoms. The highest BCUT2D eigenvalue weighted by molar-refractivity contribution is 9.11. The standard InChI is InChI=1S/C13H7Br3F2/c14-9-3-8(4-10(17)6-9)13(16)7-1-2-12(18)11(15)5-7/h1-6,13H. The summed E-state index contributed by atoms with van der Waals surface area (Å²) in [5, 5.41) is 0. The van der Waals surface area contributed by atoms with Gasteiger partial charge in [-0.2, -0.15) is 0 Å². The lowest BCUT2D eigenvalue weighted by molar-refractivity contribution is 0.619. The van der Waals surface area contributed by atoms with E-state index in [0.717, 1.165) is 11.1 Å². The van der Waals surface area contributed by atoms with E-state index in [1.54, 1.807) is 12.1 Å². The molecular weight excluding hydrogens is 434 g/mol. The van der Waals surface area contributed by atoms with Crippen LogP contribution in [0.25, 0.3) is 0 Å². The predicted molar refractivity (Wildman–Crippen MR) is 79.0 cm³/mol. The van der Waals surface area contributed by atoms with Crippen LogP contribution in [0.3, 0.4) is 0 Å². The highest BCUT2D eigenvalue weighted by Gasteiger charge is 2.13. The van der Waals surface area contributed by atoms with Gasteiger partial charge in [0, 0.05) is 4.47 Å². The number of halogens is 5. The Kier molecular flexibility index (Phi) is 4.56. The summed E-state index contributed by atoms with van der Waals surface area (Å²) in [4.78, 5) is -0.193. The summed E-state index contributed by atoms with van der Waals surface area (Å²) >= 11 is 9.88. The predicted octanol–water partition coefficient (Wildman–Crippen LogP) is 5.97. The molecule has 0 N–H and O–H groups in total. The summed E-state index contributed by atoms with van der Waals surface area (Å²) in [5.74, 6) is -0.635. The molecule has 0 spiro atoms. The van der Waals surface area contributed by atoms with Gasteiger partial charge in [0.05, 0.1) is 9.30 Å². The summed E-state index contributed by atoms with van der Waals surface area (Å²) in [5.41, 5.74) is 1.61. The fourth-order valence-electron chi connectivity index (χ4n) is 1.58. The van der Waals surface area contributed by atoms with E-state index in [2.05, 4.69) is 47.8 Å². The second-order valence-electron chi connectivity index (χ2n) is 3.74. The van der Waals surface area contributed by atoms with Crippen molar-refractivity contribution in [2.75, 3.05) is 0 Å². The zero-order chi connectivity index (χ0) is 13.3. The molecule has 0 aliphatic heterocycles. The van der Waals surface area contributed by atoms with Gasteiger partial charge in [-0.15, -0.1) is 0 Å². The van der Waals surface area contributed by atoms with E-state index >= 15 is 0 Å². The summed E-state index contributed by atoms with van der Waals surface area (Å²) in [6.45, 7) is 0. The summed E-state index contributed by atoms with van der Waals surface area (Å²) in [7, 11) is 0. The Bertz CT molecular complexity index is 564. The lowest BCUT2D eigenvalue weighted by atomic mass is 10.0. The molecule has 0 aliphatic rings. The van der Waals surface area contributed by atoms with Crippen LogP contribution < -0.4 is 0 Å². The largest absolute Gasteiger partial charge is 0.207 e. The van der Waals surface area contributed by atoms with E-state index in [4.69, 9.17) is 0 Å². The average Bonchev–Trinajstić information content (AvgIpc) is 2.30. The highest BCUT2D eigenvalue weighted by Crippen LogP contribution is 2.34. The molecular formula is C13H7Br3F2. The molecule has 0 aliphatic carbocycles. The lowest BCUT2D eigenvalue weighted by Gasteiger charge is -2.12. The molecule has 94 valence electrons. The van der Waals surface area contributed by atoms with E-state index in [-0.39, 0.29) is 16.5 Å². The fourth-order valence-corrected chi connectivity index (χ4v) is 3.01. The van der Waals surface area contributed by atoms with Gasteiger partial charge in [0.1, 0.15) is 11.6 Å². The molecule has 0 heterocycles. The quantitative estimate of drug-likeness (QED) is 0.504. The van der Waals surface area contributed by atoms with Gasteiger partial charge in [-0.25, -0.2) is 8.78 Å². The van der Waals surface area contributed by atoms with Gasteiger partial charge < -0.3 is 0 Å². The Morgan fingerprint density at radius 2 is 1.61 bits per heavy atom. The molecule has 0 radical (unpaired) electrons. The van der Waals surface area contributed by atoms with Crippen LogP contribution in [0.5, 0.6) is 0 Å². The first-order valence-electron chi connectivity index (χ1n) is 5.02. The highest BCUT2D eigenvalue weighted by atomic mass is 79.9. The molecule has 1 unspecified atom stereocenters. The maximum absolute atomic E-state index is 13.3. The van der Waals surface area contributed by atoms with Gasteiger partial charge in [0.15, 0.2) is 0 Å². The molecule has 0 nitrogen and oxygen atoms in total. The van der Waals surface area contributed by atoms with Crippen LogP contribution in [0.4, 0.5) is 8.78 Å². The Labute approximate surface area is 129 Å². The number of rotatable bonds is 2. The molecule has 0 saturated heterocycles. The van der Waals surface area contributed by atoms with Crippen LogP contribution in [0.15, 0.2) is 45.3 Å².